The van der Waals surface area contributed by atoms with Gasteiger partial charge in [0.25, 0.3) is 0 Å². The molecule has 1 saturated heterocycles. The first-order valence-electron chi connectivity index (χ1n) is 8.29. The topological polar surface area (TPSA) is 32.3 Å². The van der Waals surface area contributed by atoms with Crippen LogP contribution in [0.1, 0.15) is 39.2 Å². The molecule has 0 saturated carbocycles. The molecule has 1 N–H and O–H groups in total. The predicted octanol–water partition coefficient (Wildman–Crippen LogP) is 3.08. The van der Waals surface area contributed by atoms with Gasteiger partial charge in [-0.2, -0.15) is 0 Å². The maximum atomic E-state index is 12.5. The van der Waals surface area contributed by atoms with Gasteiger partial charge in [0.05, 0.1) is 5.92 Å². The second-order valence-corrected chi connectivity index (χ2v) is 7.12. The molecular weight excluding hydrogens is 272 g/mol. The van der Waals surface area contributed by atoms with Crippen molar-refractivity contribution in [3.05, 3.63) is 41.5 Å². The molecule has 0 bridgehead atoms. The molecule has 1 amide bonds. The largest absolute Gasteiger partial charge is 0.353 e. The number of nitrogens with one attached hydrogen (secondary N) is 1. The molecule has 3 rings (SSSR count). The van der Waals surface area contributed by atoms with Gasteiger partial charge in [-0.1, -0.05) is 35.9 Å². The fourth-order valence-corrected chi connectivity index (χ4v) is 3.51. The smallest absolute Gasteiger partial charge is 0.231 e. The van der Waals surface area contributed by atoms with E-state index in [4.69, 9.17) is 0 Å². The molecule has 118 valence electrons. The zero-order chi connectivity index (χ0) is 15.7. The van der Waals surface area contributed by atoms with E-state index in [0.717, 1.165) is 19.6 Å². The molecule has 1 heterocycles. The number of likely N-dealkylation sites (tertiary alicyclic amines) is 1. The Balaban J connectivity index is 1.56. The Labute approximate surface area is 133 Å². The molecule has 0 spiro atoms. The lowest BCUT2D eigenvalue weighted by molar-refractivity contribution is -0.122. The first-order chi connectivity index (χ1) is 10.5. The Morgan fingerprint density at radius 1 is 1.23 bits per heavy atom. The van der Waals surface area contributed by atoms with Crippen molar-refractivity contribution in [2.45, 2.75) is 39.2 Å². The van der Waals surface area contributed by atoms with Gasteiger partial charge in [-0.15, -0.1) is 0 Å². The average molecular weight is 298 g/mol. The lowest BCUT2D eigenvalue weighted by atomic mass is 10.0. The minimum Gasteiger partial charge on any atom is -0.353 e. The highest BCUT2D eigenvalue weighted by Gasteiger charge is 2.40. The molecule has 0 aromatic heterocycles. The van der Waals surface area contributed by atoms with Gasteiger partial charge in [0.15, 0.2) is 0 Å². The van der Waals surface area contributed by atoms with Gasteiger partial charge in [0, 0.05) is 12.1 Å². The Morgan fingerprint density at radius 3 is 2.50 bits per heavy atom. The Morgan fingerprint density at radius 2 is 1.86 bits per heavy atom. The highest BCUT2D eigenvalue weighted by atomic mass is 16.2. The van der Waals surface area contributed by atoms with E-state index in [9.17, 15) is 4.79 Å². The quantitative estimate of drug-likeness (QED) is 0.906. The van der Waals surface area contributed by atoms with E-state index in [2.05, 4.69) is 43.1 Å². The van der Waals surface area contributed by atoms with Crippen LogP contribution in [0.25, 0.3) is 5.57 Å². The predicted molar refractivity (Wildman–Crippen MR) is 90.4 cm³/mol. The Hall–Kier alpha value is -1.61. The summed E-state index contributed by atoms with van der Waals surface area (Å²) in [6, 6.07) is 10.2. The third-order valence-corrected chi connectivity index (χ3v) is 5.07. The summed E-state index contributed by atoms with van der Waals surface area (Å²) in [5, 5.41) is 3.17. The third-order valence-electron chi connectivity index (χ3n) is 5.07. The lowest BCUT2D eigenvalue weighted by Gasteiger charge is -2.35. The molecular formula is C19H26N2O. The highest BCUT2D eigenvalue weighted by molar-refractivity contribution is 6.05. The van der Waals surface area contributed by atoms with Crippen molar-refractivity contribution in [1.82, 2.24) is 10.2 Å². The molecule has 1 aliphatic heterocycles. The normalized spacial score (nSPS) is 22.0. The van der Waals surface area contributed by atoms with Crippen molar-refractivity contribution in [2.75, 3.05) is 19.6 Å². The monoisotopic (exact) mass is 298 g/mol. The van der Waals surface area contributed by atoms with Crippen LogP contribution in [-0.2, 0) is 4.79 Å². The molecule has 1 unspecified atom stereocenters. The highest BCUT2D eigenvalue weighted by Crippen LogP contribution is 2.46. The van der Waals surface area contributed by atoms with Crippen molar-refractivity contribution < 1.29 is 4.79 Å². The second-order valence-electron chi connectivity index (χ2n) is 7.12. The zero-order valence-electron chi connectivity index (χ0n) is 13.9. The van der Waals surface area contributed by atoms with Crippen LogP contribution in [-0.4, -0.2) is 36.0 Å². The average Bonchev–Trinajstić information content (AvgIpc) is 2.92. The molecule has 0 radical (unpaired) electrons. The number of carbonyl (C=O) groups is 1. The van der Waals surface area contributed by atoms with Gasteiger partial charge in [-0.25, -0.2) is 0 Å². The summed E-state index contributed by atoms with van der Waals surface area (Å²) in [7, 11) is 0. The van der Waals surface area contributed by atoms with Crippen molar-refractivity contribution in [2.24, 2.45) is 5.92 Å². The van der Waals surface area contributed by atoms with E-state index in [1.165, 1.54) is 29.6 Å². The van der Waals surface area contributed by atoms with Crippen LogP contribution < -0.4 is 5.32 Å². The van der Waals surface area contributed by atoms with E-state index in [1.54, 1.807) is 0 Å². The van der Waals surface area contributed by atoms with Crippen LogP contribution in [0.4, 0.5) is 0 Å². The fourth-order valence-electron chi connectivity index (χ4n) is 3.51. The second kappa shape index (κ2) is 5.88. The van der Waals surface area contributed by atoms with Crippen LogP contribution in [0.2, 0.25) is 0 Å². The molecule has 1 aromatic rings. The van der Waals surface area contributed by atoms with E-state index in [0.29, 0.717) is 0 Å². The standard InChI is InChI=1S/C19H26N2O/c1-14-16(15-9-5-4-6-10-15)17(14)18(22)20-13-19(2,3)21-11-7-8-12-21/h4-6,9-10,17H,7-8,11-13H2,1-3H3,(H,20,22). The summed E-state index contributed by atoms with van der Waals surface area (Å²) < 4.78 is 0. The number of hydrogen-bond donors (Lipinski definition) is 1. The van der Waals surface area contributed by atoms with Crippen LogP contribution in [0, 0.1) is 5.92 Å². The summed E-state index contributed by atoms with van der Waals surface area (Å²) in [5.74, 6) is 0.139. The molecule has 1 aliphatic carbocycles. The van der Waals surface area contributed by atoms with E-state index >= 15 is 0 Å². The van der Waals surface area contributed by atoms with E-state index in [-0.39, 0.29) is 17.4 Å². The van der Waals surface area contributed by atoms with E-state index in [1.807, 2.05) is 18.2 Å². The molecule has 1 aromatic carbocycles. The molecule has 1 fully saturated rings. The van der Waals surface area contributed by atoms with Crippen molar-refractivity contribution >= 4 is 11.5 Å². The summed E-state index contributed by atoms with van der Waals surface area (Å²) >= 11 is 0. The molecule has 3 nitrogen and oxygen atoms in total. The summed E-state index contributed by atoms with van der Waals surface area (Å²) in [5.41, 5.74) is 3.64. The van der Waals surface area contributed by atoms with Crippen molar-refractivity contribution in [1.29, 1.82) is 0 Å². The van der Waals surface area contributed by atoms with Crippen LogP contribution in [0.3, 0.4) is 0 Å². The Bertz CT molecular complexity index is 583. The molecule has 3 heteroatoms. The Kier molecular flexibility index (Phi) is 4.09. The maximum Gasteiger partial charge on any atom is 0.231 e. The van der Waals surface area contributed by atoms with Crippen LogP contribution in [0.15, 0.2) is 35.9 Å². The first kappa shape index (κ1) is 15.3. The van der Waals surface area contributed by atoms with Gasteiger partial charge in [-0.05, 0) is 57.8 Å². The zero-order valence-corrected chi connectivity index (χ0v) is 13.9. The SMILES string of the molecule is CC1=C(c2ccccc2)C1C(=O)NCC(C)(C)N1CCCC1. The number of carbonyl (C=O) groups excluding carboxylic acids is 1. The van der Waals surface area contributed by atoms with Gasteiger partial charge in [0.1, 0.15) is 0 Å². The first-order valence-corrected chi connectivity index (χ1v) is 8.29. The number of nitrogens with zero attached hydrogens (tertiary/aromatic N) is 1. The minimum absolute atomic E-state index is 0.0169. The van der Waals surface area contributed by atoms with E-state index < -0.39 is 0 Å². The molecule has 2 aliphatic rings. The number of rotatable bonds is 5. The molecule has 1 atom stereocenters. The molecule has 22 heavy (non-hydrogen) atoms. The van der Waals surface area contributed by atoms with Crippen LogP contribution >= 0.6 is 0 Å². The number of benzene rings is 1. The van der Waals surface area contributed by atoms with Gasteiger partial charge in [-0.3, -0.25) is 9.69 Å². The van der Waals surface area contributed by atoms with Gasteiger partial charge >= 0.3 is 0 Å². The number of hydrogen-bond acceptors (Lipinski definition) is 2. The van der Waals surface area contributed by atoms with Crippen molar-refractivity contribution in [3.63, 3.8) is 0 Å². The fraction of sp³-hybridized carbons (Fsp3) is 0.526. The number of amides is 1. The van der Waals surface area contributed by atoms with Gasteiger partial charge < -0.3 is 5.32 Å². The summed E-state index contributed by atoms with van der Waals surface area (Å²) in [6.45, 7) is 9.54. The third kappa shape index (κ3) is 2.95. The van der Waals surface area contributed by atoms with Gasteiger partial charge in [0.2, 0.25) is 5.91 Å². The minimum atomic E-state index is -0.0169. The van der Waals surface area contributed by atoms with Crippen molar-refractivity contribution in [3.8, 4) is 0 Å². The summed E-state index contributed by atoms with van der Waals surface area (Å²) in [6.07, 6.45) is 2.55. The van der Waals surface area contributed by atoms with Crippen LogP contribution in [0.5, 0.6) is 0 Å². The summed E-state index contributed by atoms with van der Waals surface area (Å²) in [4.78, 5) is 15.0. The lowest BCUT2D eigenvalue weighted by Crippen LogP contribution is -2.50. The maximum absolute atomic E-state index is 12.5.